The van der Waals surface area contributed by atoms with E-state index in [2.05, 4.69) is 29.2 Å². The van der Waals surface area contributed by atoms with E-state index >= 15 is 0 Å². The highest BCUT2D eigenvalue weighted by atomic mass is 16.5. The smallest absolute Gasteiger partial charge is 0.0829 e. The van der Waals surface area contributed by atoms with Crippen molar-refractivity contribution < 1.29 is 4.74 Å². The topological polar surface area (TPSA) is 27.7 Å². The van der Waals surface area contributed by atoms with Crippen molar-refractivity contribution in [2.75, 3.05) is 53.4 Å². The molecule has 4 heteroatoms. The lowest BCUT2D eigenvalue weighted by Crippen LogP contribution is -2.50. The number of morpholine rings is 1. The number of nitrogens with one attached hydrogen (secondary N) is 1. The predicted molar refractivity (Wildman–Crippen MR) is 61.1 cm³/mol. The fourth-order valence-corrected chi connectivity index (χ4v) is 2.54. The number of nitrogens with zero attached hydrogens (tertiary/aromatic N) is 2. The molecule has 1 N–H and O–H groups in total. The van der Waals surface area contributed by atoms with E-state index in [1.807, 2.05) is 0 Å². The maximum Gasteiger partial charge on any atom is 0.0829 e. The number of likely N-dealkylation sites (N-methyl/N-ethyl adjacent to an activating group) is 1. The van der Waals surface area contributed by atoms with Gasteiger partial charge in [-0.25, -0.2) is 0 Å². The van der Waals surface area contributed by atoms with Crippen molar-refractivity contribution in [1.29, 1.82) is 0 Å². The zero-order valence-corrected chi connectivity index (χ0v) is 9.91. The lowest BCUT2D eigenvalue weighted by atomic mass is 10.1. The average Bonchev–Trinajstić information content (AvgIpc) is 2.69. The minimum absolute atomic E-state index is 0.398. The third-order valence-corrected chi connectivity index (χ3v) is 3.29. The number of rotatable bonds is 3. The Labute approximate surface area is 92.6 Å². The lowest BCUT2D eigenvalue weighted by Gasteiger charge is -2.37. The van der Waals surface area contributed by atoms with Gasteiger partial charge in [-0.3, -0.25) is 4.90 Å². The molecule has 0 radical (unpaired) electrons. The molecule has 0 aromatic carbocycles. The van der Waals surface area contributed by atoms with Crippen molar-refractivity contribution in [3.8, 4) is 0 Å². The molecule has 0 amide bonds. The summed E-state index contributed by atoms with van der Waals surface area (Å²) in [5, 5.41) is 3.43. The van der Waals surface area contributed by atoms with Crippen LogP contribution in [0, 0.1) is 0 Å². The van der Waals surface area contributed by atoms with Gasteiger partial charge in [0, 0.05) is 32.2 Å². The molecule has 2 saturated heterocycles. The average molecular weight is 213 g/mol. The summed E-state index contributed by atoms with van der Waals surface area (Å²) in [6.45, 7) is 6.49. The summed E-state index contributed by atoms with van der Waals surface area (Å²) in [5.41, 5.74) is 0. The van der Waals surface area contributed by atoms with Crippen LogP contribution in [0.1, 0.15) is 6.42 Å². The van der Waals surface area contributed by atoms with Crippen LogP contribution < -0.4 is 5.32 Å². The lowest BCUT2D eigenvalue weighted by molar-refractivity contribution is -0.0491. The molecule has 0 saturated carbocycles. The van der Waals surface area contributed by atoms with Crippen LogP contribution in [0.3, 0.4) is 0 Å². The van der Waals surface area contributed by atoms with Gasteiger partial charge in [0.15, 0.2) is 0 Å². The second kappa shape index (κ2) is 5.25. The second-order valence-corrected chi connectivity index (χ2v) is 4.90. The highest BCUT2D eigenvalue weighted by molar-refractivity contribution is 4.84. The molecule has 2 atom stereocenters. The molecule has 0 aromatic heterocycles. The van der Waals surface area contributed by atoms with Crippen molar-refractivity contribution in [2.24, 2.45) is 0 Å². The number of hydrogen-bond donors (Lipinski definition) is 1. The second-order valence-electron chi connectivity index (χ2n) is 4.90. The fraction of sp³-hybridized carbons (Fsp3) is 1.00. The summed E-state index contributed by atoms with van der Waals surface area (Å²) < 4.78 is 5.77. The minimum atomic E-state index is 0.398. The van der Waals surface area contributed by atoms with Crippen molar-refractivity contribution in [1.82, 2.24) is 15.1 Å². The van der Waals surface area contributed by atoms with Crippen LogP contribution in [0.2, 0.25) is 0 Å². The first-order valence-corrected chi connectivity index (χ1v) is 5.97. The largest absolute Gasteiger partial charge is 0.374 e. The van der Waals surface area contributed by atoms with Gasteiger partial charge >= 0.3 is 0 Å². The normalized spacial score (nSPS) is 33.8. The molecule has 0 bridgehead atoms. The van der Waals surface area contributed by atoms with Gasteiger partial charge in [0.05, 0.1) is 12.7 Å². The Bertz CT molecular complexity index is 192. The monoisotopic (exact) mass is 213 g/mol. The van der Waals surface area contributed by atoms with Crippen LogP contribution in [0.25, 0.3) is 0 Å². The van der Waals surface area contributed by atoms with Crippen LogP contribution in [-0.2, 0) is 4.74 Å². The quantitative estimate of drug-likeness (QED) is 0.691. The maximum absolute atomic E-state index is 5.77. The van der Waals surface area contributed by atoms with Gasteiger partial charge in [-0.1, -0.05) is 0 Å². The van der Waals surface area contributed by atoms with Crippen LogP contribution in [0.15, 0.2) is 0 Å². The molecule has 0 aliphatic carbocycles. The summed E-state index contributed by atoms with van der Waals surface area (Å²) in [6.07, 6.45) is 1.70. The van der Waals surface area contributed by atoms with E-state index in [9.17, 15) is 0 Å². The molecule has 1 unspecified atom stereocenters. The zero-order valence-electron chi connectivity index (χ0n) is 9.91. The summed E-state index contributed by atoms with van der Waals surface area (Å²) in [7, 11) is 4.22. The van der Waals surface area contributed by atoms with Gasteiger partial charge < -0.3 is 15.0 Å². The van der Waals surface area contributed by atoms with Crippen LogP contribution in [-0.4, -0.2) is 75.4 Å². The predicted octanol–water partition coefficient (Wildman–Crippen LogP) is -0.389. The fourth-order valence-electron chi connectivity index (χ4n) is 2.54. The van der Waals surface area contributed by atoms with Gasteiger partial charge in [-0.2, -0.15) is 0 Å². The van der Waals surface area contributed by atoms with Gasteiger partial charge in [-0.15, -0.1) is 0 Å². The molecule has 2 aliphatic rings. The van der Waals surface area contributed by atoms with Crippen molar-refractivity contribution in [3.63, 3.8) is 0 Å². The Morgan fingerprint density at radius 1 is 1.47 bits per heavy atom. The summed E-state index contributed by atoms with van der Waals surface area (Å²) in [6, 6.07) is 0.749. The standard InChI is InChI=1S/C11H23N3O/c1-13(2)8-11-9-14(5-6-15-11)10-3-4-12-7-10/h10-12H,3-9H2,1-2H3/t10-,11?/m0/s1. The molecule has 0 spiro atoms. The first-order chi connectivity index (χ1) is 7.25. The maximum atomic E-state index is 5.77. The Morgan fingerprint density at radius 2 is 2.33 bits per heavy atom. The number of ether oxygens (including phenoxy) is 1. The molecule has 2 rings (SSSR count). The number of hydrogen-bond acceptors (Lipinski definition) is 4. The molecule has 88 valence electrons. The molecule has 2 fully saturated rings. The molecular weight excluding hydrogens is 190 g/mol. The van der Waals surface area contributed by atoms with E-state index in [1.54, 1.807) is 0 Å². The van der Waals surface area contributed by atoms with E-state index in [-0.39, 0.29) is 0 Å². The molecule has 4 nitrogen and oxygen atoms in total. The molecular formula is C11H23N3O. The minimum Gasteiger partial charge on any atom is -0.374 e. The highest BCUT2D eigenvalue weighted by Crippen LogP contribution is 2.13. The Hall–Kier alpha value is -0.160. The van der Waals surface area contributed by atoms with Crippen LogP contribution >= 0.6 is 0 Å². The van der Waals surface area contributed by atoms with Gasteiger partial charge in [-0.05, 0) is 27.1 Å². The van der Waals surface area contributed by atoms with Gasteiger partial charge in [0.1, 0.15) is 0 Å². The first-order valence-electron chi connectivity index (χ1n) is 5.97. The third kappa shape index (κ3) is 3.14. The SMILES string of the molecule is CN(C)CC1CN([C@H]2CCNC2)CCO1. The Kier molecular flexibility index (Phi) is 3.97. The van der Waals surface area contributed by atoms with Crippen LogP contribution in [0.5, 0.6) is 0 Å². The first kappa shape index (κ1) is 11.3. The molecule has 2 heterocycles. The highest BCUT2D eigenvalue weighted by Gasteiger charge is 2.28. The molecule has 2 aliphatic heterocycles. The van der Waals surface area contributed by atoms with E-state index in [1.165, 1.54) is 13.0 Å². The molecule has 15 heavy (non-hydrogen) atoms. The Morgan fingerprint density at radius 3 is 3.00 bits per heavy atom. The summed E-state index contributed by atoms with van der Waals surface area (Å²) in [4.78, 5) is 4.80. The molecule has 0 aromatic rings. The van der Waals surface area contributed by atoms with E-state index in [0.29, 0.717) is 6.10 Å². The van der Waals surface area contributed by atoms with Crippen LogP contribution in [0.4, 0.5) is 0 Å². The van der Waals surface area contributed by atoms with Crippen molar-refractivity contribution in [3.05, 3.63) is 0 Å². The van der Waals surface area contributed by atoms with Crippen molar-refractivity contribution >= 4 is 0 Å². The van der Waals surface area contributed by atoms with Gasteiger partial charge in [0.2, 0.25) is 0 Å². The van der Waals surface area contributed by atoms with E-state index < -0.39 is 0 Å². The van der Waals surface area contributed by atoms with Crippen molar-refractivity contribution in [2.45, 2.75) is 18.6 Å². The van der Waals surface area contributed by atoms with Gasteiger partial charge in [0.25, 0.3) is 0 Å². The Balaban J connectivity index is 1.80. The van der Waals surface area contributed by atoms with E-state index in [4.69, 9.17) is 4.74 Å². The summed E-state index contributed by atoms with van der Waals surface area (Å²) in [5.74, 6) is 0. The summed E-state index contributed by atoms with van der Waals surface area (Å²) >= 11 is 0. The zero-order chi connectivity index (χ0) is 10.7. The third-order valence-electron chi connectivity index (χ3n) is 3.29. The van der Waals surface area contributed by atoms with E-state index in [0.717, 1.165) is 38.8 Å².